The van der Waals surface area contributed by atoms with E-state index in [4.69, 9.17) is 10.1 Å². The number of carboxylic acid groups (broad SMARTS) is 1. The molecule has 0 atom stereocenters. The summed E-state index contributed by atoms with van der Waals surface area (Å²) in [6.07, 6.45) is 0. The maximum atomic E-state index is 11.0. The van der Waals surface area contributed by atoms with Gasteiger partial charge in [0.15, 0.2) is 0 Å². The highest BCUT2D eigenvalue weighted by atomic mass is 16.4. The van der Waals surface area contributed by atoms with Crippen molar-refractivity contribution >= 4 is 23.4 Å². The summed E-state index contributed by atoms with van der Waals surface area (Å²) in [5, 5.41) is 12.3. The van der Waals surface area contributed by atoms with E-state index in [1.54, 1.807) is 24.3 Å². The van der Waals surface area contributed by atoms with Crippen LogP contribution in [0.25, 0.3) is 0 Å². The summed E-state index contributed by atoms with van der Waals surface area (Å²) in [5.74, 6) is 0.382. The van der Waals surface area contributed by atoms with E-state index >= 15 is 0 Å². The van der Waals surface area contributed by atoms with E-state index in [0.717, 1.165) is 11.4 Å². The van der Waals surface area contributed by atoms with Gasteiger partial charge in [-0.25, -0.2) is 9.78 Å². The van der Waals surface area contributed by atoms with Gasteiger partial charge in [0.25, 0.3) is 0 Å². The summed E-state index contributed by atoms with van der Waals surface area (Å²) in [7, 11) is 0. The molecular weight excluding hydrogens is 352 g/mol. The molecule has 0 amide bonds. The fraction of sp³-hybridized carbons (Fsp3) is 0.227. The second-order valence-corrected chi connectivity index (χ2v) is 6.91. The number of nitrogens with zero attached hydrogens (tertiary/aromatic N) is 3. The number of aryl methyl sites for hydroxylation is 1. The van der Waals surface area contributed by atoms with Crippen LogP contribution in [-0.2, 0) is 6.54 Å². The lowest BCUT2D eigenvalue weighted by Gasteiger charge is -2.27. The molecule has 0 spiro atoms. The number of hydrogen-bond donors (Lipinski definition) is 2. The van der Waals surface area contributed by atoms with Gasteiger partial charge in [-0.15, -0.1) is 0 Å². The molecule has 2 aromatic carbocycles. The van der Waals surface area contributed by atoms with Gasteiger partial charge in [0.1, 0.15) is 5.82 Å². The summed E-state index contributed by atoms with van der Waals surface area (Å²) in [5.41, 5.74) is 3.07. The number of rotatable bonds is 7. The number of carbonyl (C=O) groups is 1. The van der Waals surface area contributed by atoms with E-state index in [9.17, 15) is 4.79 Å². The summed E-state index contributed by atoms with van der Waals surface area (Å²) in [6.45, 7) is 6.89. The highest BCUT2D eigenvalue weighted by molar-refractivity contribution is 5.88. The number of hydrogen-bond acceptors (Lipinski definition) is 5. The molecule has 2 N–H and O–H groups in total. The van der Waals surface area contributed by atoms with E-state index in [0.29, 0.717) is 18.3 Å². The van der Waals surface area contributed by atoms with Crippen LogP contribution in [0.15, 0.2) is 60.7 Å². The van der Waals surface area contributed by atoms with Crippen molar-refractivity contribution in [2.75, 3.05) is 10.2 Å². The molecule has 1 aromatic heterocycles. The smallest absolute Gasteiger partial charge is 0.335 e. The molecule has 1 heterocycles. The Kier molecular flexibility index (Phi) is 5.89. The fourth-order valence-corrected chi connectivity index (χ4v) is 2.85. The third-order valence-electron chi connectivity index (χ3n) is 4.32. The monoisotopic (exact) mass is 376 g/mol. The Bertz CT molecular complexity index is 941. The first-order valence-electron chi connectivity index (χ1n) is 9.19. The molecule has 28 heavy (non-hydrogen) atoms. The van der Waals surface area contributed by atoms with Crippen LogP contribution < -0.4 is 10.2 Å². The minimum Gasteiger partial charge on any atom is -0.478 e. The molecular formula is C22H24N4O2. The van der Waals surface area contributed by atoms with Crippen LogP contribution in [0.3, 0.4) is 0 Å². The molecule has 3 rings (SSSR count). The summed E-state index contributed by atoms with van der Waals surface area (Å²) >= 11 is 0. The molecule has 0 fully saturated rings. The maximum absolute atomic E-state index is 11.0. The Morgan fingerprint density at radius 3 is 2.36 bits per heavy atom. The van der Waals surface area contributed by atoms with Crippen LogP contribution in [0.1, 0.15) is 35.5 Å². The van der Waals surface area contributed by atoms with E-state index < -0.39 is 5.97 Å². The van der Waals surface area contributed by atoms with E-state index in [1.165, 1.54) is 5.56 Å². The lowest BCUT2D eigenvalue weighted by atomic mass is 10.2. The minimum atomic E-state index is -0.944. The molecule has 0 aliphatic carbocycles. The van der Waals surface area contributed by atoms with Crippen molar-refractivity contribution in [1.82, 2.24) is 9.97 Å². The highest BCUT2D eigenvalue weighted by Crippen LogP contribution is 2.22. The zero-order chi connectivity index (χ0) is 20.1. The van der Waals surface area contributed by atoms with E-state index in [-0.39, 0.29) is 11.6 Å². The topological polar surface area (TPSA) is 78.3 Å². The third-order valence-corrected chi connectivity index (χ3v) is 4.32. The predicted octanol–water partition coefficient (Wildman–Crippen LogP) is 4.64. The standard InChI is InChI=1S/C22H24N4O2/c1-15(2)26(14-17-7-5-4-6-8-17)22-23-16(3)13-20(25-22)24-19-11-9-18(10-12-19)21(27)28/h4-13,15H,14H2,1-3H3,(H,27,28)(H,23,24,25). The molecule has 6 nitrogen and oxygen atoms in total. The normalized spacial score (nSPS) is 10.7. The van der Waals surface area contributed by atoms with Crippen LogP contribution in [0.4, 0.5) is 17.5 Å². The van der Waals surface area contributed by atoms with Gasteiger partial charge in [-0.05, 0) is 50.6 Å². The molecule has 0 aliphatic heterocycles. The first kappa shape index (κ1) is 19.4. The molecule has 144 valence electrons. The summed E-state index contributed by atoms with van der Waals surface area (Å²) in [6, 6.07) is 18.9. The van der Waals surface area contributed by atoms with Crippen molar-refractivity contribution in [3.63, 3.8) is 0 Å². The van der Waals surface area contributed by atoms with Crippen LogP contribution in [0.2, 0.25) is 0 Å². The molecule has 0 saturated carbocycles. The zero-order valence-corrected chi connectivity index (χ0v) is 16.3. The average Bonchev–Trinajstić information content (AvgIpc) is 2.66. The number of aromatic carboxylic acids is 1. The number of nitrogens with one attached hydrogen (secondary N) is 1. The lowest BCUT2D eigenvalue weighted by molar-refractivity contribution is 0.0697. The molecule has 3 aromatic rings. The minimum absolute atomic E-state index is 0.227. The molecule has 6 heteroatoms. The van der Waals surface area contributed by atoms with Crippen LogP contribution in [-0.4, -0.2) is 27.1 Å². The number of carboxylic acids is 1. The van der Waals surface area contributed by atoms with Gasteiger partial charge in [-0.1, -0.05) is 30.3 Å². The first-order valence-corrected chi connectivity index (χ1v) is 9.19. The SMILES string of the molecule is Cc1cc(Nc2ccc(C(=O)O)cc2)nc(N(Cc2ccccc2)C(C)C)n1. The van der Waals surface area contributed by atoms with E-state index in [1.807, 2.05) is 31.2 Å². The quantitative estimate of drug-likeness (QED) is 0.625. The Balaban J connectivity index is 1.85. The molecule has 0 aliphatic rings. The van der Waals surface area contributed by atoms with Gasteiger partial charge in [0.2, 0.25) is 5.95 Å². The molecule has 0 bridgehead atoms. The zero-order valence-electron chi connectivity index (χ0n) is 16.3. The fourth-order valence-electron chi connectivity index (χ4n) is 2.85. The largest absolute Gasteiger partial charge is 0.478 e. The molecule has 0 unspecified atom stereocenters. The van der Waals surface area contributed by atoms with Gasteiger partial charge in [0.05, 0.1) is 5.56 Å². The Labute approximate surface area is 164 Å². The van der Waals surface area contributed by atoms with Crippen molar-refractivity contribution in [2.24, 2.45) is 0 Å². The van der Waals surface area contributed by atoms with Crippen LogP contribution >= 0.6 is 0 Å². The predicted molar refractivity (Wildman–Crippen MR) is 111 cm³/mol. The van der Waals surface area contributed by atoms with Crippen molar-refractivity contribution in [1.29, 1.82) is 0 Å². The summed E-state index contributed by atoms with van der Waals surface area (Å²) < 4.78 is 0. The van der Waals surface area contributed by atoms with Crippen molar-refractivity contribution in [3.8, 4) is 0 Å². The van der Waals surface area contributed by atoms with Gasteiger partial charge in [-0.3, -0.25) is 0 Å². The van der Waals surface area contributed by atoms with Crippen molar-refractivity contribution < 1.29 is 9.90 Å². The second kappa shape index (κ2) is 8.52. The van der Waals surface area contributed by atoms with Gasteiger partial charge >= 0.3 is 5.97 Å². The van der Waals surface area contributed by atoms with Gasteiger partial charge in [-0.2, -0.15) is 4.98 Å². The average molecular weight is 376 g/mol. The highest BCUT2D eigenvalue weighted by Gasteiger charge is 2.16. The van der Waals surface area contributed by atoms with Crippen LogP contribution in [0.5, 0.6) is 0 Å². The van der Waals surface area contributed by atoms with Gasteiger partial charge < -0.3 is 15.3 Å². The Morgan fingerprint density at radius 1 is 1.07 bits per heavy atom. The second-order valence-electron chi connectivity index (χ2n) is 6.91. The maximum Gasteiger partial charge on any atom is 0.335 e. The lowest BCUT2D eigenvalue weighted by Crippen LogP contribution is -2.32. The Morgan fingerprint density at radius 2 is 1.75 bits per heavy atom. The van der Waals surface area contributed by atoms with Crippen molar-refractivity contribution in [2.45, 2.75) is 33.4 Å². The first-order chi connectivity index (χ1) is 13.4. The van der Waals surface area contributed by atoms with Gasteiger partial charge in [0, 0.05) is 30.0 Å². The van der Waals surface area contributed by atoms with Crippen LogP contribution in [0, 0.1) is 6.92 Å². The summed E-state index contributed by atoms with van der Waals surface area (Å²) in [4.78, 5) is 22.5. The molecule has 0 radical (unpaired) electrons. The third kappa shape index (κ3) is 4.85. The number of aromatic nitrogens is 2. The molecule has 0 saturated heterocycles. The Hall–Kier alpha value is -3.41. The number of anilines is 3. The van der Waals surface area contributed by atoms with Crippen molar-refractivity contribution in [3.05, 3.63) is 77.5 Å². The number of benzene rings is 2. The van der Waals surface area contributed by atoms with E-state index in [2.05, 4.69) is 41.2 Å².